The van der Waals surface area contributed by atoms with Gasteiger partial charge >= 0.3 is 0 Å². The van der Waals surface area contributed by atoms with Gasteiger partial charge < -0.3 is 19.2 Å². The number of anilines is 1. The van der Waals surface area contributed by atoms with Crippen molar-refractivity contribution in [3.05, 3.63) is 89.3 Å². The van der Waals surface area contributed by atoms with E-state index in [0.717, 1.165) is 22.8 Å². The van der Waals surface area contributed by atoms with Crippen molar-refractivity contribution in [1.82, 2.24) is 4.98 Å². The van der Waals surface area contributed by atoms with Gasteiger partial charge in [-0.1, -0.05) is 17.7 Å². The lowest BCUT2D eigenvalue weighted by Crippen LogP contribution is -2.12. The Morgan fingerprint density at radius 1 is 0.971 bits per heavy atom. The molecule has 0 spiro atoms. The number of hydrogen-bond acceptors (Lipinski definition) is 6. The largest absolute Gasteiger partial charge is 0.497 e. The Morgan fingerprint density at radius 2 is 1.71 bits per heavy atom. The molecule has 4 rings (SSSR count). The molecule has 0 aliphatic carbocycles. The molecule has 6 nitrogen and oxygen atoms in total. The number of carbonyl (C=O) groups excluding carboxylic acids is 1. The highest BCUT2D eigenvalue weighted by Gasteiger charge is 2.14. The predicted molar refractivity (Wildman–Crippen MR) is 135 cm³/mol. The summed E-state index contributed by atoms with van der Waals surface area (Å²) in [6.45, 7) is 4.00. The van der Waals surface area contributed by atoms with E-state index in [4.69, 9.17) is 13.9 Å². The molecule has 0 radical (unpaired) electrons. The van der Waals surface area contributed by atoms with Crippen LogP contribution in [0.3, 0.4) is 0 Å². The molecule has 4 aromatic rings. The average Bonchev–Trinajstić information content (AvgIpc) is 3.24. The molecule has 0 saturated carbocycles. The quantitative estimate of drug-likeness (QED) is 0.293. The second kappa shape index (κ2) is 10.5. The predicted octanol–water partition coefficient (Wildman–Crippen LogP) is 6.52. The number of aromatic nitrogens is 1. The fourth-order valence-electron chi connectivity index (χ4n) is 3.33. The van der Waals surface area contributed by atoms with Crippen molar-refractivity contribution in [2.45, 2.75) is 24.5 Å². The minimum atomic E-state index is -0.242. The summed E-state index contributed by atoms with van der Waals surface area (Å²) in [7, 11) is 3.13. The number of hydrogen-bond donors (Lipinski definition) is 1. The monoisotopic (exact) mass is 474 g/mol. The maximum absolute atomic E-state index is 12.7. The highest BCUT2D eigenvalue weighted by atomic mass is 32.2. The maximum Gasteiger partial charge on any atom is 0.255 e. The molecule has 1 aromatic heterocycles. The van der Waals surface area contributed by atoms with E-state index in [9.17, 15) is 4.79 Å². The van der Waals surface area contributed by atoms with Crippen LogP contribution in [0.2, 0.25) is 0 Å². The van der Waals surface area contributed by atoms with Gasteiger partial charge in [0.1, 0.15) is 17.3 Å². The molecule has 7 heteroatoms. The third kappa shape index (κ3) is 5.43. The molecule has 0 saturated heterocycles. The van der Waals surface area contributed by atoms with Crippen LogP contribution in [0.1, 0.15) is 27.4 Å². The zero-order chi connectivity index (χ0) is 24.1. The molecule has 0 fully saturated rings. The number of nitrogens with one attached hydrogen (secondary N) is 1. The van der Waals surface area contributed by atoms with E-state index in [1.807, 2.05) is 19.1 Å². The summed E-state index contributed by atoms with van der Waals surface area (Å²) >= 11 is 1.72. The number of nitrogens with zero attached hydrogens (tertiary/aromatic N) is 1. The SMILES string of the molecule is COc1ccc(NC(=O)c2ccc(-c3nc(CSc4ccc(C)cc4)c(C)o3)cc2)c(OC)c1. The van der Waals surface area contributed by atoms with Gasteiger partial charge in [0.15, 0.2) is 0 Å². The fraction of sp³-hybridized carbons (Fsp3) is 0.185. The summed E-state index contributed by atoms with van der Waals surface area (Å²) in [6.07, 6.45) is 0. The van der Waals surface area contributed by atoms with Gasteiger partial charge in [-0.15, -0.1) is 11.8 Å². The molecule has 174 valence electrons. The number of benzene rings is 3. The van der Waals surface area contributed by atoms with E-state index >= 15 is 0 Å². The summed E-state index contributed by atoms with van der Waals surface area (Å²) < 4.78 is 16.5. The van der Waals surface area contributed by atoms with E-state index in [2.05, 4.69) is 41.5 Å². The first-order valence-corrected chi connectivity index (χ1v) is 11.7. The van der Waals surface area contributed by atoms with Crippen LogP contribution >= 0.6 is 11.8 Å². The van der Waals surface area contributed by atoms with Gasteiger partial charge in [0.2, 0.25) is 5.89 Å². The van der Waals surface area contributed by atoms with E-state index < -0.39 is 0 Å². The number of methoxy groups -OCH3 is 2. The van der Waals surface area contributed by atoms with Crippen LogP contribution in [0.25, 0.3) is 11.5 Å². The molecule has 0 atom stereocenters. The smallest absolute Gasteiger partial charge is 0.255 e. The van der Waals surface area contributed by atoms with Crippen LogP contribution in [0.4, 0.5) is 5.69 Å². The molecule has 0 aliphatic rings. The lowest BCUT2D eigenvalue weighted by Gasteiger charge is -2.11. The second-order valence-electron chi connectivity index (χ2n) is 7.72. The first-order chi connectivity index (χ1) is 16.5. The van der Waals surface area contributed by atoms with Gasteiger partial charge in [-0.2, -0.15) is 0 Å². The van der Waals surface area contributed by atoms with E-state index in [-0.39, 0.29) is 5.91 Å². The molecule has 0 bridgehead atoms. The first-order valence-electron chi connectivity index (χ1n) is 10.8. The molecule has 1 N–H and O–H groups in total. The molecule has 0 aliphatic heterocycles. The summed E-state index contributed by atoms with van der Waals surface area (Å²) in [4.78, 5) is 18.6. The number of aryl methyl sites for hydroxylation is 2. The lowest BCUT2D eigenvalue weighted by atomic mass is 10.1. The van der Waals surface area contributed by atoms with Crippen LogP contribution in [0.5, 0.6) is 11.5 Å². The minimum absolute atomic E-state index is 0.242. The Balaban J connectivity index is 1.44. The molecule has 0 unspecified atom stereocenters. The Labute approximate surface area is 203 Å². The number of oxazole rings is 1. The van der Waals surface area contributed by atoms with Gasteiger partial charge in [0.25, 0.3) is 5.91 Å². The van der Waals surface area contributed by atoms with Crippen molar-refractivity contribution in [2.75, 3.05) is 19.5 Å². The van der Waals surface area contributed by atoms with Crippen molar-refractivity contribution >= 4 is 23.4 Å². The number of amides is 1. The maximum atomic E-state index is 12.7. The molecular formula is C27H26N2O4S. The Hall–Kier alpha value is -3.71. The summed E-state index contributed by atoms with van der Waals surface area (Å²) in [6, 6.07) is 20.8. The van der Waals surface area contributed by atoms with Crippen molar-refractivity contribution in [3.63, 3.8) is 0 Å². The topological polar surface area (TPSA) is 73.6 Å². The number of ether oxygens (including phenoxy) is 2. The Kier molecular flexibility index (Phi) is 7.23. The first kappa shape index (κ1) is 23.4. The number of thioether (sulfide) groups is 1. The highest BCUT2D eigenvalue weighted by molar-refractivity contribution is 7.98. The standard InChI is InChI=1S/C27H26N2O4S/c1-17-5-12-22(13-6-17)34-16-24-18(2)33-27(29-24)20-9-7-19(8-10-20)26(30)28-23-14-11-21(31-3)15-25(23)32-4/h5-15H,16H2,1-4H3,(H,28,30). The Morgan fingerprint density at radius 3 is 2.38 bits per heavy atom. The van der Waals surface area contributed by atoms with E-state index in [1.165, 1.54) is 10.5 Å². The summed E-state index contributed by atoms with van der Waals surface area (Å²) in [5.74, 6) is 2.99. The van der Waals surface area contributed by atoms with Gasteiger partial charge in [0.05, 0.1) is 25.6 Å². The Bertz CT molecular complexity index is 1280. The van der Waals surface area contributed by atoms with Crippen LogP contribution in [-0.4, -0.2) is 25.1 Å². The van der Waals surface area contributed by atoms with Crippen molar-refractivity contribution in [2.24, 2.45) is 0 Å². The van der Waals surface area contributed by atoms with Crippen molar-refractivity contribution < 1.29 is 18.7 Å². The van der Waals surface area contributed by atoms with Crippen LogP contribution < -0.4 is 14.8 Å². The van der Waals surface area contributed by atoms with Crippen LogP contribution in [0, 0.1) is 13.8 Å². The zero-order valence-electron chi connectivity index (χ0n) is 19.5. The second-order valence-corrected chi connectivity index (χ2v) is 8.77. The van der Waals surface area contributed by atoms with E-state index in [1.54, 1.807) is 56.3 Å². The normalized spacial score (nSPS) is 10.7. The minimum Gasteiger partial charge on any atom is -0.497 e. The van der Waals surface area contributed by atoms with Crippen LogP contribution in [-0.2, 0) is 5.75 Å². The average molecular weight is 475 g/mol. The summed E-state index contributed by atoms with van der Waals surface area (Å²) in [5, 5.41) is 2.88. The lowest BCUT2D eigenvalue weighted by molar-refractivity contribution is 0.102. The molecule has 1 heterocycles. The molecular weight excluding hydrogens is 448 g/mol. The van der Waals surface area contributed by atoms with Gasteiger partial charge in [-0.25, -0.2) is 4.98 Å². The fourth-order valence-corrected chi connectivity index (χ4v) is 4.23. The summed E-state index contributed by atoms with van der Waals surface area (Å²) in [5.41, 5.74) is 4.04. The van der Waals surface area contributed by atoms with Gasteiger partial charge in [-0.3, -0.25) is 4.79 Å². The molecule has 1 amide bonds. The van der Waals surface area contributed by atoms with Crippen molar-refractivity contribution in [3.8, 4) is 23.0 Å². The van der Waals surface area contributed by atoms with E-state index in [0.29, 0.717) is 28.6 Å². The number of carbonyl (C=O) groups is 1. The number of rotatable bonds is 8. The molecule has 34 heavy (non-hydrogen) atoms. The highest BCUT2D eigenvalue weighted by Crippen LogP contribution is 2.30. The van der Waals surface area contributed by atoms with Crippen molar-refractivity contribution in [1.29, 1.82) is 0 Å². The molecule has 3 aromatic carbocycles. The van der Waals surface area contributed by atoms with Gasteiger partial charge in [0, 0.05) is 27.8 Å². The third-order valence-electron chi connectivity index (χ3n) is 5.34. The third-order valence-corrected chi connectivity index (χ3v) is 6.36. The zero-order valence-corrected chi connectivity index (χ0v) is 20.4. The van der Waals surface area contributed by atoms with Gasteiger partial charge in [-0.05, 0) is 62.4 Å². The van der Waals surface area contributed by atoms with Crippen LogP contribution in [0.15, 0.2) is 76.0 Å².